The SMILES string of the molecule is CC(C)c1cnc2c(O)c([N+](=O)[O-])ccn2c1=O. The fraction of sp³-hybridized carbons (Fsp3) is 0.273. The molecule has 0 radical (unpaired) electrons. The molecule has 0 atom stereocenters. The van der Waals surface area contributed by atoms with E-state index in [1.165, 1.54) is 12.4 Å². The van der Waals surface area contributed by atoms with Crippen LogP contribution in [0.4, 0.5) is 5.69 Å². The lowest BCUT2D eigenvalue weighted by Crippen LogP contribution is -2.20. The summed E-state index contributed by atoms with van der Waals surface area (Å²) in [5.74, 6) is -0.617. The summed E-state index contributed by atoms with van der Waals surface area (Å²) < 4.78 is 1.11. The second-order valence-electron chi connectivity index (χ2n) is 4.17. The predicted molar refractivity (Wildman–Crippen MR) is 63.9 cm³/mol. The Bertz CT molecular complexity index is 690. The lowest BCUT2D eigenvalue weighted by molar-refractivity contribution is -0.385. The number of aromatic nitrogens is 2. The molecule has 0 bridgehead atoms. The Morgan fingerprint density at radius 1 is 1.50 bits per heavy atom. The highest BCUT2D eigenvalue weighted by atomic mass is 16.6. The number of aromatic hydroxyl groups is 1. The third-order valence-electron chi connectivity index (χ3n) is 2.67. The van der Waals surface area contributed by atoms with Crippen molar-refractivity contribution in [1.29, 1.82) is 0 Å². The van der Waals surface area contributed by atoms with E-state index in [-0.39, 0.29) is 17.1 Å². The van der Waals surface area contributed by atoms with Gasteiger partial charge in [-0.25, -0.2) is 4.98 Å². The maximum absolute atomic E-state index is 12.0. The van der Waals surface area contributed by atoms with Crippen molar-refractivity contribution in [2.45, 2.75) is 19.8 Å². The number of hydrogen-bond donors (Lipinski definition) is 1. The topological polar surface area (TPSA) is 97.7 Å². The van der Waals surface area contributed by atoms with E-state index in [9.17, 15) is 20.0 Å². The van der Waals surface area contributed by atoms with Crippen LogP contribution in [-0.2, 0) is 0 Å². The van der Waals surface area contributed by atoms with Crippen LogP contribution >= 0.6 is 0 Å². The highest BCUT2D eigenvalue weighted by molar-refractivity contribution is 5.63. The molecule has 0 spiro atoms. The molecule has 0 aliphatic carbocycles. The maximum atomic E-state index is 12.0. The molecule has 7 nitrogen and oxygen atoms in total. The van der Waals surface area contributed by atoms with Crippen molar-refractivity contribution in [2.75, 3.05) is 0 Å². The largest absolute Gasteiger partial charge is 0.500 e. The molecule has 0 amide bonds. The summed E-state index contributed by atoms with van der Waals surface area (Å²) >= 11 is 0. The number of pyridine rings is 1. The average molecular weight is 249 g/mol. The van der Waals surface area contributed by atoms with Crippen LogP contribution in [0.3, 0.4) is 0 Å². The van der Waals surface area contributed by atoms with Crippen molar-refractivity contribution in [2.24, 2.45) is 0 Å². The van der Waals surface area contributed by atoms with Crippen molar-refractivity contribution in [3.63, 3.8) is 0 Å². The monoisotopic (exact) mass is 249 g/mol. The molecule has 0 aliphatic heterocycles. The van der Waals surface area contributed by atoms with Gasteiger partial charge < -0.3 is 5.11 Å². The van der Waals surface area contributed by atoms with E-state index in [4.69, 9.17) is 0 Å². The average Bonchev–Trinajstić information content (AvgIpc) is 2.29. The molecule has 2 aromatic heterocycles. The van der Waals surface area contributed by atoms with E-state index in [1.54, 1.807) is 0 Å². The first-order valence-electron chi connectivity index (χ1n) is 5.31. The minimum atomic E-state index is -0.724. The van der Waals surface area contributed by atoms with Gasteiger partial charge in [-0.2, -0.15) is 0 Å². The standard InChI is InChI=1S/C11H11N3O4/c1-6(2)7-5-12-10-9(15)8(14(17)18)3-4-13(10)11(7)16/h3-6,15H,1-2H3. The van der Waals surface area contributed by atoms with Gasteiger partial charge in [0.2, 0.25) is 5.75 Å². The molecular formula is C11H11N3O4. The van der Waals surface area contributed by atoms with Gasteiger partial charge in [-0.1, -0.05) is 13.8 Å². The van der Waals surface area contributed by atoms with Gasteiger partial charge in [0.1, 0.15) is 0 Å². The summed E-state index contributed by atoms with van der Waals surface area (Å²) in [5, 5.41) is 20.4. The van der Waals surface area contributed by atoms with Crippen LogP contribution in [-0.4, -0.2) is 19.4 Å². The summed E-state index contributed by atoms with van der Waals surface area (Å²) in [6.45, 7) is 3.69. The molecule has 0 unspecified atom stereocenters. The summed E-state index contributed by atoms with van der Waals surface area (Å²) in [7, 11) is 0. The van der Waals surface area contributed by atoms with Crippen molar-refractivity contribution in [3.8, 4) is 5.75 Å². The molecule has 7 heteroatoms. The van der Waals surface area contributed by atoms with E-state index in [2.05, 4.69) is 4.98 Å². The van der Waals surface area contributed by atoms with Gasteiger partial charge in [-0.3, -0.25) is 19.3 Å². The van der Waals surface area contributed by atoms with E-state index in [1.807, 2.05) is 13.8 Å². The molecule has 2 aromatic rings. The Morgan fingerprint density at radius 3 is 2.72 bits per heavy atom. The van der Waals surface area contributed by atoms with Crippen LogP contribution in [0.2, 0.25) is 0 Å². The molecule has 18 heavy (non-hydrogen) atoms. The third-order valence-corrected chi connectivity index (χ3v) is 2.67. The fourth-order valence-electron chi connectivity index (χ4n) is 1.68. The van der Waals surface area contributed by atoms with Gasteiger partial charge in [0.25, 0.3) is 5.56 Å². The predicted octanol–water partition coefficient (Wildman–Crippen LogP) is 1.43. The van der Waals surface area contributed by atoms with Crippen molar-refractivity contribution in [1.82, 2.24) is 9.38 Å². The van der Waals surface area contributed by atoms with Crippen LogP contribution in [0.5, 0.6) is 5.75 Å². The van der Waals surface area contributed by atoms with Gasteiger partial charge in [-0.05, 0) is 5.92 Å². The van der Waals surface area contributed by atoms with Crippen LogP contribution < -0.4 is 5.56 Å². The Balaban J connectivity index is 2.84. The molecule has 2 heterocycles. The zero-order chi connectivity index (χ0) is 13.4. The molecule has 94 valence electrons. The molecule has 0 fully saturated rings. The Hall–Kier alpha value is -2.44. The lowest BCUT2D eigenvalue weighted by atomic mass is 10.1. The molecule has 0 aromatic carbocycles. The van der Waals surface area contributed by atoms with Crippen molar-refractivity contribution >= 4 is 11.3 Å². The van der Waals surface area contributed by atoms with E-state index in [0.717, 1.165) is 10.5 Å². The molecule has 0 aliphatic rings. The Kier molecular flexibility index (Phi) is 2.74. The lowest BCUT2D eigenvalue weighted by Gasteiger charge is -2.07. The maximum Gasteiger partial charge on any atom is 0.316 e. The van der Waals surface area contributed by atoms with Gasteiger partial charge in [-0.15, -0.1) is 0 Å². The fourth-order valence-corrected chi connectivity index (χ4v) is 1.68. The molecule has 2 rings (SSSR count). The summed E-state index contributed by atoms with van der Waals surface area (Å²) in [6.07, 6.45) is 2.58. The van der Waals surface area contributed by atoms with E-state index in [0.29, 0.717) is 5.56 Å². The normalized spacial score (nSPS) is 11.1. The van der Waals surface area contributed by atoms with Crippen molar-refractivity contribution < 1.29 is 10.0 Å². The number of fused-ring (bicyclic) bond motifs is 1. The first-order valence-corrected chi connectivity index (χ1v) is 5.31. The zero-order valence-corrected chi connectivity index (χ0v) is 9.82. The summed E-state index contributed by atoms with van der Waals surface area (Å²) in [5.41, 5.74) is -0.432. The minimum absolute atomic E-state index is 0.0146. The highest BCUT2D eigenvalue weighted by Gasteiger charge is 2.19. The quantitative estimate of drug-likeness (QED) is 0.641. The number of hydrogen-bond acceptors (Lipinski definition) is 5. The number of rotatable bonds is 2. The van der Waals surface area contributed by atoms with E-state index < -0.39 is 16.4 Å². The van der Waals surface area contributed by atoms with Crippen molar-refractivity contribution in [3.05, 3.63) is 44.5 Å². The zero-order valence-electron chi connectivity index (χ0n) is 9.82. The number of nitrogens with zero attached hydrogens (tertiary/aromatic N) is 3. The van der Waals surface area contributed by atoms with Gasteiger partial charge >= 0.3 is 5.69 Å². The third kappa shape index (κ3) is 1.69. The Labute approximate surface area is 101 Å². The summed E-state index contributed by atoms with van der Waals surface area (Å²) in [4.78, 5) is 25.9. The highest BCUT2D eigenvalue weighted by Crippen LogP contribution is 2.28. The smallest absolute Gasteiger partial charge is 0.316 e. The van der Waals surface area contributed by atoms with Crippen LogP contribution in [0, 0.1) is 10.1 Å². The first-order chi connectivity index (χ1) is 8.43. The van der Waals surface area contributed by atoms with E-state index >= 15 is 0 Å². The second kappa shape index (κ2) is 4.10. The second-order valence-corrected chi connectivity index (χ2v) is 4.17. The minimum Gasteiger partial charge on any atom is -0.500 e. The van der Waals surface area contributed by atoms with Crippen LogP contribution in [0.15, 0.2) is 23.3 Å². The van der Waals surface area contributed by atoms with Crippen LogP contribution in [0.25, 0.3) is 5.65 Å². The van der Waals surface area contributed by atoms with Gasteiger partial charge in [0.15, 0.2) is 5.65 Å². The summed E-state index contributed by atoms with van der Waals surface area (Å²) in [6, 6.07) is 1.08. The molecular weight excluding hydrogens is 238 g/mol. The number of nitro groups is 1. The molecule has 0 saturated heterocycles. The molecule has 0 saturated carbocycles. The van der Waals surface area contributed by atoms with Crippen LogP contribution in [0.1, 0.15) is 25.3 Å². The van der Waals surface area contributed by atoms with Gasteiger partial charge in [0, 0.05) is 24.0 Å². The van der Waals surface area contributed by atoms with Gasteiger partial charge in [0.05, 0.1) is 4.92 Å². The molecule has 1 N–H and O–H groups in total. The first kappa shape index (κ1) is 12.0. The Morgan fingerprint density at radius 2 is 2.17 bits per heavy atom.